The molecule has 0 aliphatic carbocycles. The van der Waals surface area contributed by atoms with Crippen LogP contribution in [0.15, 0.2) is 18.5 Å². The largest absolute Gasteiger partial charge is 0.375 e. The number of anilines is 1. The molecule has 1 N–H and O–H groups in total. The minimum Gasteiger partial charge on any atom is -0.375 e. The highest BCUT2D eigenvalue weighted by atomic mass is 16.5. The van der Waals surface area contributed by atoms with Crippen LogP contribution in [0.4, 0.5) is 5.82 Å². The fourth-order valence-corrected chi connectivity index (χ4v) is 3.39. The smallest absolute Gasteiger partial charge is 0.168 e. The molecule has 5 heterocycles. The summed E-state index contributed by atoms with van der Waals surface area (Å²) in [4.78, 5) is 15.3. The first-order chi connectivity index (χ1) is 11.4. The van der Waals surface area contributed by atoms with Crippen LogP contribution in [0.25, 0.3) is 17.0 Å². The number of nitrogens with one attached hydrogen (secondary N) is 1. The van der Waals surface area contributed by atoms with E-state index in [2.05, 4.69) is 15.0 Å². The standard InChI is InChI=1S/C16H18N6O/c1-2-6-21(5-1)14-3-7-22-16(20-14)11(9-17-22)15-18-12-4-8-23-10-13(12)19-15/h3,7,9H,1-2,4-6,8,10H2,(H,18,19). The third-order valence-corrected chi connectivity index (χ3v) is 4.63. The van der Waals surface area contributed by atoms with Crippen molar-refractivity contribution in [3.63, 3.8) is 0 Å². The number of H-pyrrole nitrogens is 1. The second-order valence-corrected chi connectivity index (χ2v) is 6.12. The van der Waals surface area contributed by atoms with Gasteiger partial charge in [-0.1, -0.05) is 0 Å². The maximum atomic E-state index is 5.49. The maximum Gasteiger partial charge on any atom is 0.168 e. The predicted molar refractivity (Wildman–Crippen MR) is 85.4 cm³/mol. The highest BCUT2D eigenvalue weighted by Crippen LogP contribution is 2.26. The number of imidazole rings is 1. The summed E-state index contributed by atoms with van der Waals surface area (Å²) in [6.45, 7) is 3.51. The molecule has 0 aromatic carbocycles. The van der Waals surface area contributed by atoms with Gasteiger partial charge in [-0.2, -0.15) is 5.10 Å². The molecule has 7 nitrogen and oxygen atoms in total. The fraction of sp³-hybridized carbons (Fsp3) is 0.438. The van der Waals surface area contributed by atoms with Crippen molar-refractivity contribution >= 4 is 11.5 Å². The van der Waals surface area contributed by atoms with E-state index in [0.29, 0.717) is 6.61 Å². The molecule has 3 aromatic rings. The van der Waals surface area contributed by atoms with E-state index < -0.39 is 0 Å². The molecule has 0 atom stereocenters. The van der Waals surface area contributed by atoms with Gasteiger partial charge in [0.25, 0.3) is 0 Å². The molecule has 1 saturated heterocycles. The minimum atomic E-state index is 0.605. The third kappa shape index (κ3) is 2.11. The number of fused-ring (bicyclic) bond motifs is 2. The Hall–Kier alpha value is -2.41. The maximum absolute atomic E-state index is 5.49. The quantitative estimate of drug-likeness (QED) is 0.781. The van der Waals surface area contributed by atoms with Gasteiger partial charge in [-0.25, -0.2) is 14.5 Å². The van der Waals surface area contributed by atoms with E-state index in [9.17, 15) is 0 Å². The zero-order valence-corrected chi connectivity index (χ0v) is 12.8. The first-order valence-corrected chi connectivity index (χ1v) is 8.14. The first kappa shape index (κ1) is 13.1. The number of aromatic nitrogens is 5. The lowest BCUT2D eigenvalue weighted by atomic mass is 10.2. The van der Waals surface area contributed by atoms with Gasteiger partial charge in [0.2, 0.25) is 0 Å². The normalized spacial score (nSPS) is 17.8. The summed E-state index contributed by atoms with van der Waals surface area (Å²) in [5.41, 5.74) is 3.96. The molecule has 23 heavy (non-hydrogen) atoms. The van der Waals surface area contributed by atoms with Crippen molar-refractivity contribution in [3.8, 4) is 11.4 Å². The Morgan fingerprint density at radius 2 is 2.09 bits per heavy atom. The van der Waals surface area contributed by atoms with Gasteiger partial charge in [-0.15, -0.1) is 0 Å². The Balaban J connectivity index is 1.60. The van der Waals surface area contributed by atoms with E-state index >= 15 is 0 Å². The molecule has 7 heteroatoms. The van der Waals surface area contributed by atoms with Crippen LogP contribution in [-0.2, 0) is 17.8 Å². The summed E-state index contributed by atoms with van der Waals surface area (Å²) in [5.74, 6) is 1.86. The van der Waals surface area contributed by atoms with E-state index in [-0.39, 0.29) is 0 Å². The predicted octanol–water partition coefficient (Wildman–Crippen LogP) is 1.79. The number of hydrogen-bond donors (Lipinski definition) is 1. The molecule has 0 radical (unpaired) electrons. The van der Waals surface area contributed by atoms with Crippen LogP contribution >= 0.6 is 0 Å². The summed E-state index contributed by atoms with van der Waals surface area (Å²) >= 11 is 0. The molecule has 118 valence electrons. The molecule has 3 aromatic heterocycles. The Kier molecular flexibility index (Phi) is 2.87. The highest BCUT2D eigenvalue weighted by molar-refractivity contribution is 5.73. The topological polar surface area (TPSA) is 71.3 Å². The van der Waals surface area contributed by atoms with Crippen molar-refractivity contribution < 1.29 is 4.74 Å². The highest BCUT2D eigenvalue weighted by Gasteiger charge is 2.20. The molecule has 0 amide bonds. The minimum absolute atomic E-state index is 0.605. The number of aromatic amines is 1. The van der Waals surface area contributed by atoms with E-state index in [1.165, 1.54) is 12.8 Å². The van der Waals surface area contributed by atoms with Gasteiger partial charge in [-0.3, -0.25) is 0 Å². The summed E-state index contributed by atoms with van der Waals surface area (Å²) in [6, 6.07) is 2.04. The van der Waals surface area contributed by atoms with Gasteiger partial charge < -0.3 is 14.6 Å². The number of hydrogen-bond acceptors (Lipinski definition) is 5. The average Bonchev–Trinajstić information content (AvgIpc) is 3.32. The number of rotatable bonds is 2. The van der Waals surface area contributed by atoms with Crippen molar-refractivity contribution in [2.24, 2.45) is 0 Å². The summed E-state index contributed by atoms with van der Waals surface area (Å²) < 4.78 is 7.30. The summed E-state index contributed by atoms with van der Waals surface area (Å²) in [7, 11) is 0. The second kappa shape index (κ2) is 5.06. The van der Waals surface area contributed by atoms with Crippen molar-refractivity contribution in [3.05, 3.63) is 29.8 Å². The van der Waals surface area contributed by atoms with E-state index in [0.717, 1.165) is 60.4 Å². The lowest BCUT2D eigenvalue weighted by molar-refractivity contribution is 0.107. The van der Waals surface area contributed by atoms with Gasteiger partial charge in [0.1, 0.15) is 11.6 Å². The molecule has 0 saturated carbocycles. The lowest BCUT2D eigenvalue weighted by Gasteiger charge is -2.15. The van der Waals surface area contributed by atoms with Gasteiger partial charge in [-0.05, 0) is 18.9 Å². The summed E-state index contributed by atoms with van der Waals surface area (Å²) in [5, 5.41) is 4.41. The summed E-state index contributed by atoms with van der Waals surface area (Å²) in [6.07, 6.45) is 7.15. The zero-order chi connectivity index (χ0) is 15.2. The van der Waals surface area contributed by atoms with Crippen LogP contribution < -0.4 is 4.90 Å². The zero-order valence-electron chi connectivity index (χ0n) is 12.8. The Bertz CT molecular complexity index is 837. The lowest BCUT2D eigenvalue weighted by Crippen LogP contribution is -2.19. The molecular weight excluding hydrogens is 292 g/mol. The second-order valence-electron chi connectivity index (χ2n) is 6.12. The SMILES string of the molecule is c1cn2ncc(-c3nc4c([nH]3)COCC4)c2nc1N1CCCC1. The third-order valence-electron chi connectivity index (χ3n) is 4.63. The van der Waals surface area contributed by atoms with E-state index in [4.69, 9.17) is 14.7 Å². The number of nitrogens with zero attached hydrogens (tertiary/aromatic N) is 5. The Morgan fingerprint density at radius 1 is 1.17 bits per heavy atom. The molecule has 2 aliphatic rings. The van der Waals surface area contributed by atoms with Crippen LogP contribution in [0.3, 0.4) is 0 Å². The van der Waals surface area contributed by atoms with Gasteiger partial charge in [0.05, 0.1) is 36.4 Å². The Morgan fingerprint density at radius 3 is 2.96 bits per heavy atom. The van der Waals surface area contributed by atoms with Crippen LogP contribution in [0.2, 0.25) is 0 Å². The molecule has 2 aliphatic heterocycles. The van der Waals surface area contributed by atoms with Gasteiger partial charge in [0, 0.05) is 25.7 Å². The fourth-order valence-electron chi connectivity index (χ4n) is 3.39. The monoisotopic (exact) mass is 310 g/mol. The van der Waals surface area contributed by atoms with Crippen molar-refractivity contribution in [2.45, 2.75) is 25.9 Å². The molecule has 0 spiro atoms. The average molecular weight is 310 g/mol. The number of ether oxygens (including phenoxy) is 1. The van der Waals surface area contributed by atoms with Crippen molar-refractivity contribution in [1.29, 1.82) is 0 Å². The van der Waals surface area contributed by atoms with Gasteiger partial charge in [0.15, 0.2) is 5.65 Å². The molecule has 0 bridgehead atoms. The van der Waals surface area contributed by atoms with Crippen LogP contribution in [0.5, 0.6) is 0 Å². The first-order valence-electron chi connectivity index (χ1n) is 8.14. The molecule has 5 rings (SSSR count). The van der Waals surface area contributed by atoms with Crippen LogP contribution in [0.1, 0.15) is 24.2 Å². The van der Waals surface area contributed by atoms with Gasteiger partial charge >= 0.3 is 0 Å². The van der Waals surface area contributed by atoms with Crippen LogP contribution in [0, 0.1) is 0 Å². The molecular formula is C16H18N6O. The van der Waals surface area contributed by atoms with E-state index in [1.54, 1.807) is 0 Å². The van der Waals surface area contributed by atoms with Crippen molar-refractivity contribution in [1.82, 2.24) is 24.6 Å². The molecule has 1 fully saturated rings. The van der Waals surface area contributed by atoms with Crippen molar-refractivity contribution in [2.75, 3.05) is 24.6 Å². The van der Waals surface area contributed by atoms with Crippen LogP contribution in [-0.4, -0.2) is 44.3 Å². The Labute approximate surface area is 133 Å². The molecule has 0 unspecified atom stereocenters. The van der Waals surface area contributed by atoms with E-state index in [1.807, 2.05) is 23.0 Å².